The summed E-state index contributed by atoms with van der Waals surface area (Å²) in [5.74, 6) is 0.774. The molecule has 0 saturated carbocycles. The van der Waals surface area contributed by atoms with E-state index in [1.165, 1.54) is 5.56 Å². The molecule has 0 bridgehead atoms. The van der Waals surface area contributed by atoms with Crippen molar-refractivity contribution in [2.24, 2.45) is 5.73 Å². The van der Waals surface area contributed by atoms with E-state index < -0.39 is 0 Å². The van der Waals surface area contributed by atoms with Gasteiger partial charge in [0.15, 0.2) is 0 Å². The molecular weight excluding hydrogens is 382 g/mol. The summed E-state index contributed by atoms with van der Waals surface area (Å²) in [6, 6.07) is 13.9. The van der Waals surface area contributed by atoms with E-state index in [1.807, 2.05) is 36.4 Å². The molecule has 2 N–H and O–H groups in total. The third-order valence-corrected chi connectivity index (χ3v) is 4.16. The number of fused-ring (bicyclic) bond motifs is 1. The number of halogens is 2. The maximum absolute atomic E-state index is 6.32. The van der Waals surface area contributed by atoms with Gasteiger partial charge in [0.1, 0.15) is 11.3 Å². The van der Waals surface area contributed by atoms with Gasteiger partial charge in [-0.2, -0.15) is 0 Å². The van der Waals surface area contributed by atoms with Crippen LogP contribution in [0.1, 0.15) is 22.9 Å². The molecular formula is C16H13Br2NO. The molecule has 0 saturated heterocycles. The molecule has 1 atom stereocenters. The van der Waals surface area contributed by atoms with Crippen LogP contribution in [0.15, 0.2) is 55.8 Å². The molecule has 3 aromatic rings. The first-order chi connectivity index (χ1) is 9.52. The Hall–Kier alpha value is -1.10. The minimum atomic E-state index is -0.281. The van der Waals surface area contributed by atoms with Gasteiger partial charge in [0.05, 0.1) is 6.04 Å². The van der Waals surface area contributed by atoms with E-state index in [0.29, 0.717) is 0 Å². The Morgan fingerprint density at radius 1 is 1.00 bits per heavy atom. The molecule has 1 heterocycles. The fourth-order valence-corrected chi connectivity index (χ4v) is 3.58. The van der Waals surface area contributed by atoms with Crippen molar-refractivity contribution >= 4 is 42.8 Å². The average molecular weight is 395 g/mol. The monoisotopic (exact) mass is 393 g/mol. The lowest BCUT2D eigenvalue weighted by Crippen LogP contribution is -2.10. The fourth-order valence-electron chi connectivity index (χ4n) is 2.26. The molecule has 2 nitrogen and oxygen atoms in total. The van der Waals surface area contributed by atoms with Gasteiger partial charge in [0.2, 0.25) is 0 Å². The zero-order chi connectivity index (χ0) is 14.3. The number of nitrogens with two attached hydrogens (primary N) is 1. The Balaban J connectivity index is 2.05. The zero-order valence-electron chi connectivity index (χ0n) is 10.9. The summed E-state index contributed by atoms with van der Waals surface area (Å²) in [6.07, 6.45) is 0. The minimum Gasteiger partial charge on any atom is -0.459 e. The fraction of sp³-hybridized carbons (Fsp3) is 0.125. The molecule has 0 aliphatic carbocycles. The molecule has 1 aromatic heterocycles. The summed E-state index contributed by atoms with van der Waals surface area (Å²) in [5, 5.41) is 1.09. The molecule has 0 aliphatic heterocycles. The van der Waals surface area contributed by atoms with Crippen LogP contribution in [0.5, 0.6) is 0 Å². The molecule has 0 amide bonds. The second-order valence-electron chi connectivity index (χ2n) is 4.87. The van der Waals surface area contributed by atoms with Crippen molar-refractivity contribution in [1.29, 1.82) is 0 Å². The second-order valence-corrected chi connectivity index (χ2v) is 6.70. The van der Waals surface area contributed by atoms with E-state index in [0.717, 1.165) is 31.2 Å². The molecule has 0 radical (unpaired) electrons. The van der Waals surface area contributed by atoms with Crippen LogP contribution in [0.4, 0.5) is 0 Å². The van der Waals surface area contributed by atoms with Gasteiger partial charge in [0, 0.05) is 14.3 Å². The van der Waals surface area contributed by atoms with E-state index in [4.69, 9.17) is 10.2 Å². The number of hydrogen-bond donors (Lipinski definition) is 1. The Morgan fingerprint density at radius 3 is 2.40 bits per heavy atom. The first kappa shape index (κ1) is 13.9. The van der Waals surface area contributed by atoms with Crippen LogP contribution in [0.25, 0.3) is 11.0 Å². The van der Waals surface area contributed by atoms with Crippen LogP contribution in [0, 0.1) is 6.92 Å². The molecule has 1 unspecified atom stereocenters. The lowest BCUT2D eigenvalue weighted by Gasteiger charge is -2.10. The summed E-state index contributed by atoms with van der Waals surface area (Å²) in [4.78, 5) is 0. The van der Waals surface area contributed by atoms with E-state index in [9.17, 15) is 0 Å². The third-order valence-electron chi connectivity index (χ3n) is 3.24. The van der Waals surface area contributed by atoms with Crippen molar-refractivity contribution in [3.05, 3.63) is 68.3 Å². The van der Waals surface area contributed by atoms with Crippen molar-refractivity contribution in [3.8, 4) is 0 Å². The highest BCUT2D eigenvalue weighted by Crippen LogP contribution is 2.30. The summed E-state index contributed by atoms with van der Waals surface area (Å²) >= 11 is 6.96. The van der Waals surface area contributed by atoms with Crippen molar-refractivity contribution in [2.75, 3.05) is 0 Å². The van der Waals surface area contributed by atoms with E-state index in [1.54, 1.807) is 0 Å². The highest BCUT2D eigenvalue weighted by Gasteiger charge is 2.15. The molecule has 102 valence electrons. The minimum absolute atomic E-state index is 0.281. The average Bonchev–Trinajstić information content (AvgIpc) is 2.79. The number of furan rings is 1. The topological polar surface area (TPSA) is 39.2 Å². The summed E-state index contributed by atoms with van der Waals surface area (Å²) in [6.45, 7) is 2.07. The zero-order valence-corrected chi connectivity index (χ0v) is 14.0. The third kappa shape index (κ3) is 2.68. The molecule has 20 heavy (non-hydrogen) atoms. The van der Waals surface area contributed by atoms with Crippen LogP contribution in [0.2, 0.25) is 0 Å². The molecule has 4 heteroatoms. The van der Waals surface area contributed by atoms with Crippen molar-refractivity contribution < 1.29 is 4.42 Å². The van der Waals surface area contributed by atoms with Gasteiger partial charge >= 0.3 is 0 Å². The van der Waals surface area contributed by atoms with E-state index >= 15 is 0 Å². The molecule has 0 spiro atoms. The summed E-state index contributed by atoms with van der Waals surface area (Å²) in [5.41, 5.74) is 9.40. The molecule has 0 aliphatic rings. The van der Waals surface area contributed by atoms with Gasteiger partial charge in [-0.3, -0.25) is 0 Å². The van der Waals surface area contributed by atoms with Crippen LogP contribution in [0.3, 0.4) is 0 Å². The van der Waals surface area contributed by atoms with Gasteiger partial charge < -0.3 is 10.2 Å². The van der Waals surface area contributed by atoms with Gasteiger partial charge in [-0.15, -0.1) is 0 Å². The summed E-state index contributed by atoms with van der Waals surface area (Å²) < 4.78 is 7.84. The van der Waals surface area contributed by atoms with Crippen molar-refractivity contribution in [3.63, 3.8) is 0 Å². The van der Waals surface area contributed by atoms with Crippen LogP contribution >= 0.6 is 31.9 Å². The van der Waals surface area contributed by atoms with Crippen LogP contribution in [-0.2, 0) is 0 Å². The standard InChI is InChI=1S/C16H13Br2NO/c1-9-2-3-14-10(4-9)7-15(20-14)16(19)11-5-12(17)8-13(18)6-11/h2-8,16H,19H2,1H3. The number of aryl methyl sites for hydroxylation is 1. The highest BCUT2D eigenvalue weighted by molar-refractivity contribution is 9.11. The molecule has 2 aromatic carbocycles. The largest absolute Gasteiger partial charge is 0.459 e. The van der Waals surface area contributed by atoms with E-state index in [2.05, 4.69) is 44.8 Å². The normalized spacial score (nSPS) is 12.8. The number of rotatable bonds is 2. The Labute approximate surface area is 134 Å². The maximum Gasteiger partial charge on any atom is 0.134 e. The van der Waals surface area contributed by atoms with Crippen molar-refractivity contribution in [2.45, 2.75) is 13.0 Å². The maximum atomic E-state index is 6.32. The second kappa shape index (κ2) is 5.35. The van der Waals surface area contributed by atoms with E-state index in [-0.39, 0.29) is 6.04 Å². The SMILES string of the molecule is Cc1ccc2oc(C(N)c3cc(Br)cc(Br)c3)cc2c1. The van der Waals surface area contributed by atoms with Gasteiger partial charge in [0.25, 0.3) is 0 Å². The lowest BCUT2D eigenvalue weighted by molar-refractivity contribution is 0.525. The Kier molecular flexibility index (Phi) is 3.71. The predicted octanol–water partition coefficient (Wildman–Crippen LogP) is 5.31. The highest BCUT2D eigenvalue weighted by atomic mass is 79.9. The van der Waals surface area contributed by atoms with Gasteiger partial charge in [-0.05, 0) is 48.9 Å². The van der Waals surface area contributed by atoms with Gasteiger partial charge in [-0.25, -0.2) is 0 Å². The smallest absolute Gasteiger partial charge is 0.134 e. The predicted molar refractivity (Wildman–Crippen MR) is 88.8 cm³/mol. The van der Waals surface area contributed by atoms with Crippen molar-refractivity contribution in [1.82, 2.24) is 0 Å². The Bertz CT molecular complexity index is 759. The number of hydrogen-bond acceptors (Lipinski definition) is 2. The lowest BCUT2D eigenvalue weighted by atomic mass is 10.1. The molecule has 3 rings (SSSR count). The van der Waals surface area contributed by atoms with Gasteiger partial charge in [-0.1, -0.05) is 43.5 Å². The quantitative estimate of drug-likeness (QED) is 0.639. The Morgan fingerprint density at radius 2 is 1.70 bits per heavy atom. The first-order valence-electron chi connectivity index (χ1n) is 6.24. The summed E-state index contributed by atoms with van der Waals surface area (Å²) in [7, 11) is 0. The molecule has 0 fully saturated rings. The van der Waals surface area contributed by atoms with Crippen LogP contribution < -0.4 is 5.73 Å². The number of benzene rings is 2. The van der Waals surface area contributed by atoms with Crippen LogP contribution in [-0.4, -0.2) is 0 Å². The first-order valence-corrected chi connectivity index (χ1v) is 7.83.